The van der Waals surface area contributed by atoms with Gasteiger partial charge < -0.3 is 9.64 Å². The van der Waals surface area contributed by atoms with E-state index in [0.717, 1.165) is 29.6 Å². The van der Waals surface area contributed by atoms with Crippen LogP contribution in [0.3, 0.4) is 0 Å². The minimum absolute atomic E-state index is 0.0589. The first-order valence-electron chi connectivity index (χ1n) is 6.54. The van der Waals surface area contributed by atoms with Crippen molar-refractivity contribution in [2.24, 2.45) is 0 Å². The van der Waals surface area contributed by atoms with Crippen LogP contribution < -0.4 is 0 Å². The molecule has 1 aliphatic heterocycles. The lowest BCUT2D eigenvalue weighted by Gasteiger charge is -2.23. The quantitative estimate of drug-likeness (QED) is 0.874. The summed E-state index contributed by atoms with van der Waals surface area (Å²) < 4.78 is 6.07. The Hall–Kier alpha value is -1.17. The lowest BCUT2D eigenvalue weighted by atomic mass is 10.2. The number of hydrogen-bond acceptors (Lipinski definition) is 4. The van der Waals surface area contributed by atoms with Crippen LogP contribution in [0, 0.1) is 0 Å². The summed E-state index contributed by atoms with van der Waals surface area (Å²) in [6.07, 6.45) is 3.70. The Balaban J connectivity index is 1.90. The molecule has 1 unspecified atom stereocenters. The van der Waals surface area contributed by atoms with E-state index >= 15 is 0 Å². The number of carbonyl (C=O) groups is 1. The molecule has 1 aliphatic rings. The number of pyridine rings is 1. The molecule has 106 valence electrons. The van der Waals surface area contributed by atoms with Crippen LogP contribution in [0.5, 0.6) is 0 Å². The van der Waals surface area contributed by atoms with E-state index in [0.29, 0.717) is 16.5 Å². The van der Waals surface area contributed by atoms with Crippen molar-refractivity contribution in [3.8, 4) is 0 Å². The van der Waals surface area contributed by atoms with Gasteiger partial charge in [-0.25, -0.2) is 0 Å². The number of thiophene rings is 1. The molecule has 1 amide bonds. The van der Waals surface area contributed by atoms with E-state index in [1.54, 1.807) is 19.4 Å². The molecular formula is C14H15ClN2O2S. The van der Waals surface area contributed by atoms with Gasteiger partial charge in [0, 0.05) is 19.9 Å². The number of methoxy groups -OCH3 is 1. The highest BCUT2D eigenvalue weighted by molar-refractivity contribution is 7.21. The minimum atomic E-state index is 0.0589. The first-order valence-corrected chi connectivity index (χ1v) is 7.74. The zero-order valence-electron chi connectivity index (χ0n) is 11.1. The fraction of sp³-hybridized carbons (Fsp3) is 0.429. The molecule has 2 aromatic rings. The Labute approximate surface area is 126 Å². The van der Waals surface area contributed by atoms with Crippen LogP contribution in [0.2, 0.25) is 5.02 Å². The molecule has 1 fully saturated rings. The van der Waals surface area contributed by atoms with Crippen molar-refractivity contribution >= 4 is 39.1 Å². The summed E-state index contributed by atoms with van der Waals surface area (Å²) in [5.41, 5.74) is 0.785. The van der Waals surface area contributed by atoms with Crippen molar-refractivity contribution in [2.75, 3.05) is 20.3 Å². The van der Waals surface area contributed by atoms with E-state index in [1.807, 2.05) is 11.0 Å². The highest BCUT2D eigenvalue weighted by atomic mass is 35.5. The predicted octanol–water partition coefficient (Wildman–Crippen LogP) is 3.20. The summed E-state index contributed by atoms with van der Waals surface area (Å²) in [6, 6.07) is 3.76. The molecule has 0 saturated carbocycles. The number of amides is 1. The molecule has 2 aromatic heterocycles. The fourth-order valence-corrected chi connectivity index (χ4v) is 3.87. The van der Waals surface area contributed by atoms with Gasteiger partial charge >= 0.3 is 0 Å². The van der Waals surface area contributed by atoms with Crippen LogP contribution in [0.1, 0.15) is 22.5 Å². The van der Waals surface area contributed by atoms with Crippen LogP contribution in [0.4, 0.5) is 0 Å². The molecule has 3 heterocycles. The SMILES string of the molecule is COCC1CCCN1C(=O)c1cc2nccc(Cl)c2s1. The summed E-state index contributed by atoms with van der Waals surface area (Å²) in [7, 11) is 1.67. The fourth-order valence-electron chi connectivity index (χ4n) is 2.62. The third-order valence-corrected chi connectivity index (χ3v) is 5.14. The molecule has 4 nitrogen and oxygen atoms in total. The first-order chi connectivity index (χ1) is 9.70. The highest BCUT2D eigenvalue weighted by Crippen LogP contribution is 2.32. The number of likely N-dealkylation sites (tertiary alicyclic amines) is 1. The molecular weight excluding hydrogens is 296 g/mol. The highest BCUT2D eigenvalue weighted by Gasteiger charge is 2.30. The molecule has 20 heavy (non-hydrogen) atoms. The third-order valence-electron chi connectivity index (χ3n) is 3.57. The van der Waals surface area contributed by atoms with E-state index in [9.17, 15) is 4.79 Å². The number of fused-ring (bicyclic) bond motifs is 1. The average Bonchev–Trinajstić information content (AvgIpc) is 3.05. The van der Waals surface area contributed by atoms with Crippen LogP contribution in [0.15, 0.2) is 18.3 Å². The molecule has 3 rings (SSSR count). The Kier molecular flexibility index (Phi) is 3.92. The van der Waals surface area contributed by atoms with Gasteiger partial charge in [0.15, 0.2) is 0 Å². The normalized spacial score (nSPS) is 18.9. The smallest absolute Gasteiger partial charge is 0.264 e. The Morgan fingerprint density at radius 3 is 3.25 bits per heavy atom. The van der Waals surface area contributed by atoms with E-state index in [1.165, 1.54) is 11.3 Å². The van der Waals surface area contributed by atoms with Crippen LogP contribution in [0.25, 0.3) is 10.2 Å². The molecule has 6 heteroatoms. The summed E-state index contributed by atoms with van der Waals surface area (Å²) in [5.74, 6) is 0.0589. The van der Waals surface area contributed by atoms with E-state index in [4.69, 9.17) is 16.3 Å². The molecule has 0 aliphatic carbocycles. The Morgan fingerprint density at radius 1 is 1.65 bits per heavy atom. The maximum absolute atomic E-state index is 12.6. The molecule has 1 atom stereocenters. The molecule has 1 saturated heterocycles. The second kappa shape index (κ2) is 5.68. The van der Waals surface area contributed by atoms with Crippen molar-refractivity contribution in [3.05, 3.63) is 28.2 Å². The van der Waals surface area contributed by atoms with E-state index in [-0.39, 0.29) is 11.9 Å². The second-order valence-electron chi connectivity index (χ2n) is 4.87. The number of ether oxygens (including phenoxy) is 1. The van der Waals surface area contributed by atoms with Crippen molar-refractivity contribution in [1.29, 1.82) is 0 Å². The summed E-state index contributed by atoms with van der Waals surface area (Å²) in [6.45, 7) is 1.39. The molecule has 0 spiro atoms. The van der Waals surface area contributed by atoms with Gasteiger partial charge in [0.1, 0.15) is 0 Å². The monoisotopic (exact) mass is 310 g/mol. The van der Waals surface area contributed by atoms with Crippen LogP contribution in [-0.2, 0) is 4.74 Å². The number of carbonyl (C=O) groups excluding carboxylic acids is 1. The largest absolute Gasteiger partial charge is 0.383 e. The maximum Gasteiger partial charge on any atom is 0.264 e. The van der Waals surface area contributed by atoms with Gasteiger partial charge in [0.2, 0.25) is 0 Å². The van der Waals surface area contributed by atoms with Gasteiger partial charge in [-0.3, -0.25) is 9.78 Å². The number of aromatic nitrogens is 1. The zero-order chi connectivity index (χ0) is 14.1. The number of hydrogen-bond donors (Lipinski definition) is 0. The lowest BCUT2D eigenvalue weighted by molar-refractivity contribution is 0.0635. The molecule has 0 bridgehead atoms. The van der Waals surface area contributed by atoms with Gasteiger partial charge in [-0.05, 0) is 25.0 Å². The number of halogens is 1. The minimum Gasteiger partial charge on any atom is -0.383 e. The second-order valence-corrected chi connectivity index (χ2v) is 6.33. The van der Waals surface area contributed by atoms with E-state index < -0.39 is 0 Å². The number of rotatable bonds is 3. The van der Waals surface area contributed by atoms with Crippen LogP contribution >= 0.6 is 22.9 Å². The van der Waals surface area contributed by atoms with Gasteiger partial charge in [0.25, 0.3) is 5.91 Å². The van der Waals surface area contributed by atoms with Gasteiger partial charge in [0.05, 0.1) is 32.8 Å². The summed E-state index contributed by atoms with van der Waals surface area (Å²) in [5, 5.41) is 0.647. The molecule has 0 radical (unpaired) electrons. The Bertz CT molecular complexity index is 643. The average molecular weight is 311 g/mol. The molecule has 0 aromatic carbocycles. The Morgan fingerprint density at radius 2 is 2.50 bits per heavy atom. The van der Waals surface area contributed by atoms with E-state index in [2.05, 4.69) is 4.98 Å². The zero-order valence-corrected chi connectivity index (χ0v) is 12.7. The van der Waals surface area contributed by atoms with Crippen molar-refractivity contribution in [2.45, 2.75) is 18.9 Å². The predicted molar refractivity (Wildman–Crippen MR) is 80.6 cm³/mol. The molecule has 0 N–H and O–H groups in total. The van der Waals surface area contributed by atoms with Crippen molar-refractivity contribution < 1.29 is 9.53 Å². The lowest BCUT2D eigenvalue weighted by Crippen LogP contribution is -2.37. The van der Waals surface area contributed by atoms with Crippen molar-refractivity contribution in [1.82, 2.24) is 9.88 Å². The maximum atomic E-state index is 12.6. The van der Waals surface area contributed by atoms with Crippen molar-refractivity contribution in [3.63, 3.8) is 0 Å². The standard InChI is InChI=1S/C14H15ClN2O2S/c1-19-8-9-3-2-6-17(9)14(18)12-7-11-13(20-12)10(15)4-5-16-11/h4-5,7,9H,2-3,6,8H2,1H3. The number of nitrogens with zero attached hydrogens (tertiary/aromatic N) is 2. The van der Waals surface area contributed by atoms with Gasteiger partial charge in [-0.2, -0.15) is 0 Å². The summed E-state index contributed by atoms with van der Waals surface area (Å²) in [4.78, 5) is 19.5. The summed E-state index contributed by atoms with van der Waals surface area (Å²) >= 11 is 7.55. The topological polar surface area (TPSA) is 42.4 Å². The third kappa shape index (κ3) is 2.41. The first kappa shape index (κ1) is 13.8. The van der Waals surface area contributed by atoms with Crippen LogP contribution in [-0.4, -0.2) is 42.1 Å². The van der Waals surface area contributed by atoms with Gasteiger partial charge in [-0.1, -0.05) is 11.6 Å². The van der Waals surface area contributed by atoms with Gasteiger partial charge in [-0.15, -0.1) is 11.3 Å².